The Labute approximate surface area is 112 Å². The first kappa shape index (κ1) is 15.9. The lowest BCUT2D eigenvalue weighted by Gasteiger charge is -2.31. The fourth-order valence-corrected chi connectivity index (χ4v) is 2.47. The second-order valence-corrected chi connectivity index (χ2v) is 5.85. The molecule has 0 aromatic rings. The first-order chi connectivity index (χ1) is 8.56. The lowest BCUT2D eigenvalue weighted by molar-refractivity contribution is 0.160. The van der Waals surface area contributed by atoms with Gasteiger partial charge < -0.3 is 15.3 Å². The summed E-state index contributed by atoms with van der Waals surface area (Å²) in [4.78, 5) is 4.73. The Kier molecular flexibility index (Phi) is 7.15. The summed E-state index contributed by atoms with van der Waals surface area (Å²) in [5.74, 6) is 0. The highest BCUT2D eigenvalue weighted by molar-refractivity contribution is 4.85. The van der Waals surface area contributed by atoms with E-state index in [2.05, 4.69) is 43.1 Å². The molecule has 0 bridgehead atoms. The van der Waals surface area contributed by atoms with E-state index in [9.17, 15) is 5.11 Å². The van der Waals surface area contributed by atoms with Gasteiger partial charge in [0.2, 0.25) is 0 Å². The van der Waals surface area contributed by atoms with Crippen LogP contribution in [0.3, 0.4) is 0 Å². The quantitative estimate of drug-likeness (QED) is 0.606. The van der Waals surface area contributed by atoms with E-state index >= 15 is 0 Å². The maximum absolute atomic E-state index is 9.38. The van der Waals surface area contributed by atoms with Crippen LogP contribution in [0.2, 0.25) is 0 Å². The molecule has 2 unspecified atom stereocenters. The molecule has 1 aliphatic rings. The van der Waals surface area contributed by atoms with Gasteiger partial charge in [-0.3, -0.25) is 4.90 Å². The molecule has 2 atom stereocenters. The lowest BCUT2D eigenvalue weighted by Crippen LogP contribution is -2.43. The number of nitrogens with one attached hydrogen (secondary N) is 1. The molecule has 0 aromatic carbocycles. The second kappa shape index (κ2) is 8.10. The molecular weight excluding hydrogens is 226 g/mol. The second-order valence-electron chi connectivity index (χ2n) is 5.85. The van der Waals surface area contributed by atoms with Crippen LogP contribution in [0.4, 0.5) is 0 Å². The van der Waals surface area contributed by atoms with E-state index < -0.39 is 0 Å². The van der Waals surface area contributed by atoms with Crippen LogP contribution in [-0.2, 0) is 0 Å². The number of aliphatic hydroxyl groups excluding tert-OH is 1. The number of nitrogens with zero attached hydrogens (tertiary/aromatic N) is 2. The highest BCUT2D eigenvalue weighted by atomic mass is 16.3. The van der Waals surface area contributed by atoms with Gasteiger partial charge in [-0.2, -0.15) is 0 Å². The van der Waals surface area contributed by atoms with Crippen molar-refractivity contribution in [2.45, 2.75) is 51.2 Å². The van der Waals surface area contributed by atoms with Crippen molar-refractivity contribution in [1.29, 1.82) is 0 Å². The van der Waals surface area contributed by atoms with Crippen molar-refractivity contribution < 1.29 is 5.11 Å². The van der Waals surface area contributed by atoms with Gasteiger partial charge in [0, 0.05) is 31.2 Å². The number of rotatable bonds is 10. The van der Waals surface area contributed by atoms with Gasteiger partial charge in [-0.05, 0) is 46.8 Å². The predicted molar refractivity (Wildman–Crippen MR) is 76.9 cm³/mol. The molecule has 4 nitrogen and oxygen atoms in total. The molecule has 18 heavy (non-hydrogen) atoms. The predicted octanol–water partition coefficient (Wildman–Crippen LogP) is 0.761. The minimum atomic E-state index is 0.260. The van der Waals surface area contributed by atoms with Gasteiger partial charge in [0.05, 0.1) is 6.61 Å². The Morgan fingerprint density at radius 3 is 2.44 bits per heavy atom. The van der Waals surface area contributed by atoms with Gasteiger partial charge in [-0.15, -0.1) is 0 Å². The molecule has 0 radical (unpaired) electrons. The monoisotopic (exact) mass is 257 g/mol. The van der Waals surface area contributed by atoms with Gasteiger partial charge in [-0.25, -0.2) is 0 Å². The first-order valence-corrected chi connectivity index (χ1v) is 7.32. The maximum Gasteiger partial charge on any atom is 0.0585 e. The van der Waals surface area contributed by atoms with Gasteiger partial charge in [0.1, 0.15) is 0 Å². The summed E-state index contributed by atoms with van der Waals surface area (Å²) in [6, 6.07) is 1.53. The lowest BCUT2D eigenvalue weighted by atomic mass is 10.1. The van der Waals surface area contributed by atoms with Gasteiger partial charge in [-0.1, -0.05) is 6.92 Å². The van der Waals surface area contributed by atoms with E-state index in [4.69, 9.17) is 0 Å². The minimum absolute atomic E-state index is 0.260. The molecule has 1 saturated carbocycles. The topological polar surface area (TPSA) is 38.7 Å². The smallest absolute Gasteiger partial charge is 0.0585 e. The van der Waals surface area contributed by atoms with Crippen molar-refractivity contribution >= 4 is 0 Å². The Morgan fingerprint density at radius 1 is 1.33 bits per heavy atom. The van der Waals surface area contributed by atoms with E-state index in [1.807, 2.05) is 0 Å². The molecule has 1 aliphatic carbocycles. The fourth-order valence-electron chi connectivity index (χ4n) is 2.47. The summed E-state index contributed by atoms with van der Waals surface area (Å²) in [6.07, 6.45) is 3.61. The SMILES string of the molecule is CCN(CCC(CO)NC1CC1)C(C)CN(C)C. The Balaban J connectivity index is 2.27. The zero-order valence-electron chi connectivity index (χ0n) is 12.5. The molecule has 0 spiro atoms. The molecule has 1 rings (SSSR count). The van der Waals surface area contributed by atoms with Crippen LogP contribution in [-0.4, -0.2) is 73.4 Å². The van der Waals surface area contributed by atoms with Crippen LogP contribution in [0.1, 0.15) is 33.1 Å². The van der Waals surface area contributed by atoms with E-state index in [-0.39, 0.29) is 12.6 Å². The molecule has 0 heterocycles. The largest absolute Gasteiger partial charge is 0.395 e. The summed E-state index contributed by atoms with van der Waals surface area (Å²) < 4.78 is 0. The number of hydrogen-bond donors (Lipinski definition) is 2. The molecule has 0 saturated heterocycles. The van der Waals surface area contributed by atoms with Crippen LogP contribution in [0.25, 0.3) is 0 Å². The standard InChI is InChI=1S/C14H31N3O/c1-5-17(12(2)10-16(3)4)9-8-14(11-18)15-13-6-7-13/h12-15,18H,5-11H2,1-4H3. The molecule has 4 heteroatoms. The fraction of sp³-hybridized carbons (Fsp3) is 1.00. The average Bonchev–Trinajstić information content (AvgIpc) is 3.11. The number of hydrogen-bond acceptors (Lipinski definition) is 4. The average molecular weight is 257 g/mol. The number of likely N-dealkylation sites (N-methyl/N-ethyl adjacent to an activating group) is 2. The third-order valence-corrected chi connectivity index (χ3v) is 3.69. The van der Waals surface area contributed by atoms with Crippen LogP contribution in [0.5, 0.6) is 0 Å². The molecule has 0 aromatic heterocycles. The van der Waals surface area contributed by atoms with Crippen LogP contribution in [0, 0.1) is 0 Å². The Hall–Kier alpha value is -0.160. The van der Waals surface area contributed by atoms with Crippen molar-refractivity contribution in [2.75, 3.05) is 40.3 Å². The van der Waals surface area contributed by atoms with E-state index in [1.165, 1.54) is 12.8 Å². The summed E-state index contributed by atoms with van der Waals surface area (Å²) in [7, 11) is 4.24. The number of aliphatic hydroxyl groups is 1. The van der Waals surface area contributed by atoms with Crippen LogP contribution < -0.4 is 5.32 Å². The van der Waals surface area contributed by atoms with E-state index in [1.54, 1.807) is 0 Å². The zero-order chi connectivity index (χ0) is 13.5. The summed E-state index contributed by atoms with van der Waals surface area (Å²) in [5, 5.41) is 12.9. The molecule has 0 aliphatic heterocycles. The maximum atomic E-state index is 9.38. The van der Waals surface area contributed by atoms with Gasteiger partial charge in [0.15, 0.2) is 0 Å². The molecule has 108 valence electrons. The van der Waals surface area contributed by atoms with Crippen molar-refractivity contribution in [1.82, 2.24) is 15.1 Å². The third-order valence-electron chi connectivity index (χ3n) is 3.69. The summed E-state index contributed by atoms with van der Waals surface area (Å²) >= 11 is 0. The van der Waals surface area contributed by atoms with Gasteiger partial charge >= 0.3 is 0 Å². The minimum Gasteiger partial charge on any atom is -0.395 e. The summed E-state index contributed by atoms with van der Waals surface area (Å²) in [5.41, 5.74) is 0. The van der Waals surface area contributed by atoms with Crippen molar-refractivity contribution in [3.63, 3.8) is 0 Å². The van der Waals surface area contributed by atoms with Crippen molar-refractivity contribution in [3.05, 3.63) is 0 Å². The molecular formula is C14H31N3O. The Bertz CT molecular complexity index is 219. The highest BCUT2D eigenvalue weighted by Crippen LogP contribution is 2.20. The highest BCUT2D eigenvalue weighted by Gasteiger charge is 2.24. The normalized spacial score (nSPS) is 19.5. The van der Waals surface area contributed by atoms with E-state index in [0.717, 1.165) is 26.1 Å². The van der Waals surface area contributed by atoms with Gasteiger partial charge in [0.25, 0.3) is 0 Å². The Morgan fingerprint density at radius 2 is 2.00 bits per heavy atom. The molecule has 0 amide bonds. The molecule has 2 N–H and O–H groups in total. The van der Waals surface area contributed by atoms with Crippen molar-refractivity contribution in [3.8, 4) is 0 Å². The van der Waals surface area contributed by atoms with E-state index in [0.29, 0.717) is 12.1 Å². The molecule has 1 fully saturated rings. The third kappa shape index (κ3) is 6.14. The van der Waals surface area contributed by atoms with Crippen LogP contribution >= 0.6 is 0 Å². The first-order valence-electron chi connectivity index (χ1n) is 7.32. The summed E-state index contributed by atoms with van der Waals surface area (Å²) in [6.45, 7) is 8.00. The zero-order valence-corrected chi connectivity index (χ0v) is 12.5. The van der Waals surface area contributed by atoms with Crippen LogP contribution in [0.15, 0.2) is 0 Å². The van der Waals surface area contributed by atoms with Crippen molar-refractivity contribution in [2.24, 2.45) is 0 Å².